The maximum Gasteiger partial charge on any atom is 0.586 e. The summed E-state index contributed by atoms with van der Waals surface area (Å²) < 4.78 is 40.0. The van der Waals surface area contributed by atoms with E-state index in [-0.39, 0.29) is 11.5 Å². The first-order valence-electron chi connectivity index (χ1n) is 7.38. The summed E-state index contributed by atoms with van der Waals surface area (Å²) in [6.07, 6.45) is -3.61. The largest absolute Gasteiger partial charge is 0.586 e. The molecule has 1 aromatic rings. The molecule has 0 bridgehead atoms. The van der Waals surface area contributed by atoms with Crippen LogP contribution in [-0.2, 0) is 4.74 Å². The number of ether oxygens (including phenoxy) is 3. The highest BCUT2D eigenvalue weighted by Gasteiger charge is 2.43. The molecule has 0 saturated carbocycles. The van der Waals surface area contributed by atoms with Gasteiger partial charge in [0.15, 0.2) is 16.6 Å². The molecule has 23 heavy (non-hydrogen) atoms. The Morgan fingerprint density at radius 2 is 1.96 bits per heavy atom. The molecule has 3 N–H and O–H groups in total. The predicted molar refractivity (Wildman–Crippen MR) is 83.3 cm³/mol. The molecule has 126 valence electrons. The van der Waals surface area contributed by atoms with E-state index in [4.69, 9.17) is 17.0 Å². The van der Waals surface area contributed by atoms with Crippen molar-refractivity contribution in [2.45, 2.75) is 6.29 Å². The highest BCUT2D eigenvalue weighted by atomic mass is 32.1. The third-order valence-corrected chi connectivity index (χ3v) is 3.87. The lowest BCUT2D eigenvalue weighted by Gasteiger charge is -2.24. The number of quaternary nitrogens is 1. The molecule has 0 amide bonds. The zero-order chi connectivity index (χ0) is 16.3. The number of benzene rings is 1. The Bertz CT molecular complexity index is 582. The number of alkyl halides is 2. The summed E-state index contributed by atoms with van der Waals surface area (Å²) in [5.41, 5.74) is 0.557. The van der Waals surface area contributed by atoms with Gasteiger partial charge in [0.1, 0.15) is 13.1 Å². The number of anilines is 1. The van der Waals surface area contributed by atoms with Crippen LogP contribution in [0.25, 0.3) is 0 Å². The summed E-state index contributed by atoms with van der Waals surface area (Å²) in [6.45, 7) is 5.25. The molecule has 0 radical (unpaired) electrons. The average molecular weight is 346 g/mol. The molecule has 6 nitrogen and oxygen atoms in total. The molecule has 0 unspecified atom stereocenters. The number of morpholine rings is 1. The standard InChI is InChI=1S/C14H17F2N3O3S/c15-14(16)21-11-2-1-10(9-12(11)22-14)18-13(23)17-3-4-19-5-7-20-8-6-19/h1-2,9H,3-8H2,(H2,17,18,23)/p+1. The quantitative estimate of drug-likeness (QED) is 0.678. The van der Waals surface area contributed by atoms with Gasteiger partial charge in [-0.25, -0.2) is 0 Å². The van der Waals surface area contributed by atoms with Gasteiger partial charge in [0, 0.05) is 11.8 Å². The van der Waals surface area contributed by atoms with Crippen molar-refractivity contribution in [1.82, 2.24) is 5.32 Å². The number of nitrogens with one attached hydrogen (secondary N) is 3. The van der Waals surface area contributed by atoms with Crippen molar-refractivity contribution in [3.63, 3.8) is 0 Å². The van der Waals surface area contributed by atoms with E-state index in [0.717, 1.165) is 39.4 Å². The lowest BCUT2D eigenvalue weighted by molar-refractivity contribution is -0.906. The van der Waals surface area contributed by atoms with E-state index in [0.29, 0.717) is 10.8 Å². The van der Waals surface area contributed by atoms with E-state index < -0.39 is 6.29 Å². The Morgan fingerprint density at radius 3 is 2.74 bits per heavy atom. The minimum atomic E-state index is -3.61. The summed E-state index contributed by atoms with van der Waals surface area (Å²) in [4.78, 5) is 1.47. The Hall–Kier alpha value is -1.71. The second-order valence-corrected chi connectivity index (χ2v) is 5.73. The van der Waals surface area contributed by atoms with Crippen molar-refractivity contribution in [2.24, 2.45) is 0 Å². The van der Waals surface area contributed by atoms with Gasteiger partial charge >= 0.3 is 6.29 Å². The fourth-order valence-corrected chi connectivity index (χ4v) is 2.68. The molecule has 3 rings (SSSR count). The highest BCUT2D eigenvalue weighted by molar-refractivity contribution is 7.80. The normalized spacial score (nSPS) is 19.4. The van der Waals surface area contributed by atoms with Gasteiger partial charge in [0.05, 0.1) is 26.3 Å². The monoisotopic (exact) mass is 346 g/mol. The van der Waals surface area contributed by atoms with Crippen LogP contribution in [0.4, 0.5) is 14.5 Å². The molecule has 1 fully saturated rings. The topological polar surface area (TPSA) is 56.2 Å². The van der Waals surface area contributed by atoms with Gasteiger partial charge in [0.25, 0.3) is 0 Å². The number of thiocarbonyl (C=S) groups is 1. The lowest BCUT2D eigenvalue weighted by atomic mass is 10.3. The summed E-state index contributed by atoms with van der Waals surface area (Å²) in [6, 6.07) is 4.45. The zero-order valence-electron chi connectivity index (χ0n) is 12.4. The van der Waals surface area contributed by atoms with Gasteiger partial charge in [-0.3, -0.25) is 0 Å². The number of fused-ring (bicyclic) bond motifs is 1. The molecular weight excluding hydrogens is 328 g/mol. The first kappa shape index (κ1) is 16.2. The maximum atomic E-state index is 13.0. The maximum absolute atomic E-state index is 13.0. The van der Waals surface area contributed by atoms with Crippen molar-refractivity contribution in [1.29, 1.82) is 0 Å². The van der Waals surface area contributed by atoms with Gasteiger partial charge in [-0.05, 0) is 24.4 Å². The second-order valence-electron chi connectivity index (χ2n) is 5.32. The lowest BCUT2D eigenvalue weighted by Crippen LogP contribution is -3.14. The third kappa shape index (κ3) is 4.40. The molecule has 2 aliphatic heterocycles. The number of rotatable bonds is 4. The third-order valence-electron chi connectivity index (χ3n) is 3.62. The fraction of sp³-hybridized carbons (Fsp3) is 0.500. The van der Waals surface area contributed by atoms with Crippen molar-refractivity contribution in [3.05, 3.63) is 18.2 Å². The van der Waals surface area contributed by atoms with Gasteiger partial charge in [-0.1, -0.05) is 0 Å². The van der Waals surface area contributed by atoms with Crippen LogP contribution in [0.5, 0.6) is 11.5 Å². The van der Waals surface area contributed by atoms with Crippen LogP contribution >= 0.6 is 12.2 Å². The van der Waals surface area contributed by atoms with Crippen molar-refractivity contribution < 1.29 is 27.9 Å². The second kappa shape index (κ2) is 6.81. The van der Waals surface area contributed by atoms with Gasteiger partial charge in [0.2, 0.25) is 0 Å². The van der Waals surface area contributed by atoms with E-state index in [9.17, 15) is 8.78 Å². The molecule has 1 saturated heterocycles. The Morgan fingerprint density at radius 1 is 1.22 bits per heavy atom. The first-order chi connectivity index (χ1) is 11.0. The van der Waals surface area contributed by atoms with E-state index >= 15 is 0 Å². The molecule has 0 atom stereocenters. The van der Waals surface area contributed by atoms with Crippen LogP contribution in [-0.4, -0.2) is 50.8 Å². The van der Waals surface area contributed by atoms with E-state index in [1.165, 1.54) is 17.0 Å². The minimum absolute atomic E-state index is 0.00958. The Labute approximate surface area is 137 Å². The van der Waals surface area contributed by atoms with E-state index in [1.807, 2.05) is 0 Å². The molecule has 0 aromatic heterocycles. The highest BCUT2D eigenvalue weighted by Crippen LogP contribution is 2.42. The molecular formula is C14H18F2N3O3S+. The Kier molecular flexibility index (Phi) is 4.79. The van der Waals surface area contributed by atoms with Crippen LogP contribution in [0, 0.1) is 0 Å². The van der Waals surface area contributed by atoms with Crippen LogP contribution in [0.2, 0.25) is 0 Å². The molecule has 2 aliphatic rings. The van der Waals surface area contributed by atoms with Crippen LogP contribution < -0.4 is 25.0 Å². The van der Waals surface area contributed by atoms with Crippen molar-refractivity contribution in [3.8, 4) is 11.5 Å². The molecule has 0 aliphatic carbocycles. The number of hydrogen-bond donors (Lipinski definition) is 3. The molecule has 9 heteroatoms. The summed E-state index contributed by atoms with van der Waals surface area (Å²) >= 11 is 5.20. The summed E-state index contributed by atoms with van der Waals surface area (Å²) in [5, 5.41) is 6.48. The van der Waals surface area contributed by atoms with Crippen LogP contribution in [0.15, 0.2) is 18.2 Å². The molecule has 2 heterocycles. The van der Waals surface area contributed by atoms with E-state index in [2.05, 4.69) is 20.1 Å². The summed E-state index contributed by atoms with van der Waals surface area (Å²) in [7, 11) is 0. The van der Waals surface area contributed by atoms with Crippen molar-refractivity contribution >= 4 is 23.0 Å². The first-order valence-corrected chi connectivity index (χ1v) is 7.79. The number of hydrogen-bond acceptors (Lipinski definition) is 4. The van der Waals surface area contributed by atoms with Gasteiger partial charge in [-0.2, -0.15) is 0 Å². The van der Waals surface area contributed by atoms with Gasteiger partial charge < -0.3 is 29.7 Å². The minimum Gasteiger partial charge on any atom is -0.395 e. The SMILES string of the molecule is FC1(F)Oc2ccc(NC(=S)NCC[NH+]3CCOCC3)cc2O1. The smallest absolute Gasteiger partial charge is 0.395 e. The van der Waals surface area contributed by atoms with Crippen molar-refractivity contribution in [2.75, 3.05) is 44.7 Å². The predicted octanol–water partition coefficient (Wildman–Crippen LogP) is 0.210. The van der Waals surface area contributed by atoms with Gasteiger partial charge in [-0.15, -0.1) is 8.78 Å². The average Bonchev–Trinajstić information content (AvgIpc) is 2.81. The van der Waals surface area contributed by atoms with E-state index in [1.54, 1.807) is 6.07 Å². The number of halogens is 2. The summed E-state index contributed by atoms with van der Waals surface area (Å²) in [5.74, 6) is -0.00379. The van der Waals surface area contributed by atoms with Crippen LogP contribution in [0.3, 0.4) is 0 Å². The van der Waals surface area contributed by atoms with Crippen LogP contribution in [0.1, 0.15) is 0 Å². The fourth-order valence-electron chi connectivity index (χ4n) is 2.46. The Balaban J connectivity index is 1.45. The molecule has 0 spiro atoms. The zero-order valence-corrected chi connectivity index (χ0v) is 13.2. The molecule has 1 aromatic carbocycles.